The number of carbonyl (C=O) groups excluding carboxylic acids is 1. The molecule has 2 aromatic carbocycles. The molecule has 3 rings (SSSR count). The van der Waals surface area contributed by atoms with Crippen molar-refractivity contribution in [3.8, 4) is 0 Å². The number of nitrogens with zero attached hydrogens (tertiary/aromatic N) is 2. The van der Waals surface area contributed by atoms with Gasteiger partial charge in [-0.15, -0.1) is 0 Å². The second-order valence-corrected chi connectivity index (χ2v) is 5.86. The Morgan fingerprint density at radius 1 is 1.11 bits per heavy atom. The van der Waals surface area contributed by atoms with Crippen molar-refractivity contribution in [2.24, 2.45) is 0 Å². The molecule has 0 fully saturated rings. The van der Waals surface area contributed by atoms with Gasteiger partial charge in [-0.25, -0.2) is 19.2 Å². The summed E-state index contributed by atoms with van der Waals surface area (Å²) < 4.78 is 18.1. The van der Waals surface area contributed by atoms with Gasteiger partial charge in [0.25, 0.3) is 0 Å². The Bertz CT molecular complexity index is 963. The summed E-state index contributed by atoms with van der Waals surface area (Å²) in [6, 6.07) is 13.1. The number of nitrogen functional groups attached to an aromatic ring is 1. The lowest BCUT2D eigenvalue weighted by Crippen LogP contribution is -2.11. The average Bonchev–Trinajstić information content (AvgIpc) is 2.70. The molecule has 28 heavy (non-hydrogen) atoms. The van der Waals surface area contributed by atoms with Crippen LogP contribution in [0.5, 0.6) is 0 Å². The number of benzene rings is 2. The number of halogens is 1. The number of nitrogens with two attached hydrogens (primary N) is 1. The highest BCUT2D eigenvalue weighted by Gasteiger charge is 2.14. The molecular formula is C20H20FN5O2. The van der Waals surface area contributed by atoms with Gasteiger partial charge in [-0.2, -0.15) is 0 Å². The van der Waals surface area contributed by atoms with E-state index in [-0.39, 0.29) is 12.4 Å². The molecule has 0 saturated carbocycles. The maximum Gasteiger partial charge on any atom is 0.340 e. The molecule has 7 nitrogen and oxygen atoms in total. The first-order valence-electron chi connectivity index (χ1n) is 8.70. The molecule has 0 aliphatic heterocycles. The van der Waals surface area contributed by atoms with Crippen LogP contribution in [0.1, 0.15) is 22.8 Å². The predicted molar refractivity (Wildman–Crippen MR) is 106 cm³/mol. The molecule has 1 heterocycles. The van der Waals surface area contributed by atoms with Crippen LogP contribution in [0.4, 0.5) is 27.4 Å². The molecule has 0 amide bonds. The predicted octanol–water partition coefficient (Wildman–Crippen LogP) is 3.73. The number of rotatable bonds is 7. The number of nitrogens with one attached hydrogen (secondary N) is 2. The Kier molecular flexibility index (Phi) is 6.01. The van der Waals surface area contributed by atoms with Crippen molar-refractivity contribution >= 4 is 29.0 Å². The molecule has 0 aliphatic carbocycles. The zero-order valence-electron chi connectivity index (χ0n) is 15.3. The minimum atomic E-state index is -0.437. The van der Waals surface area contributed by atoms with Crippen LogP contribution < -0.4 is 16.4 Å². The quantitative estimate of drug-likeness (QED) is 0.536. The number of carbonyl (C=O) groups is 1. The summed E-state index contributed by atoms with van der Waals surface area (Å²) in [4.78, 5) is 20.4. The third kappa shape index (κ3) is 4.53. The Balaban J connectivity index is 1.78. The van der Waals surface area contributed by atoms with Crippen LogP contribution in [0.15, 0.2) is 54.9 Å². The zero-order chi connectivity index (χ0) is 19.9. The minimum absolute atomic E-state index is 0.278. The molecule has 8 heteroatoms. The Labute approximate surface area is 161 Å². The van der Waals surface area contributed by atoms with E-state index in [2.05, 4.69) is 20.6 Å². The van der Waals surface area contributed by atoms with E-state index in [4.69, 9.17) is 10.5 Å². The van der Waals surface area contributed by atoms with Gasteiger partial charge in [-0.05, 0) is 36.8 Å². The Hall–Kier alpha value is -3.68. The molecule has 3 aromatic rings. The largest absolute Gasteiger partial charge is 0.462 e. The SMILES string of the molecule is CCOC(=O)c1ccccc1Nc1ncnc(NCc2ccc(F)cc2)c1N. The van der Waals surface area contributed by atoms with Crippen LogP contribution in [0, 0.1) is 5.82 Å². The third-order valence-electron chi connectivity index (χ3n) is 3.93. The van der Waals surface area contributed by atoms with E-state index < -0.39 is 5.97 Å². The number of esters is 1. The van der Waals surface area contributed by atoms with Crippen molar-refractivity contribution in [3.05, 3.63) is 71.8 Å². The van der Waals surface area contributed by atoms with Gasteiger partial charge < -0.3 is 21.1 Å². The van der Waals surface area contributed by atoms with Crippen LogP contribution in [0.25, 0.3) is 0 Å². The van der Waals surface area contributed by atoms with Crippen molar-refractivity contribution in [1.29, 1.82) is 0 Å². The highest BCUT2D eigenvalue weighted by molar-refractivity contribution is 5.97. The molecule has 0 saturated heterocycles. The normalized spacial score (nSPS) is 10.4. The van der Waals surface area contributed by atoms with Crippen LogP contribution >= 0.6 is 0 Å². The first-order valence-corrected chi connectivity index (χ1v) is 8.70. The van der Waals surface area contributed by atoms with Gasteiger partial charge in [0.2, 0.25) is 0 Å². The van der Waals surface area contributed by atoms with Gasteiger partial charge in [0.05, 0.1) is 17.9 Å². The molecule has 0 bridgehead atoms. The molecule has 0 radical (unpaired) electrons. The van der Waals surface area contributed by atoms with E-state index in [0.29, 0.717) is 35.1 Å². The Morgan fingerprint density at radius 2 is 1.82 bits per heavy atom. The second-order valence-electron chi connectivity index (χ2n) is 5.86. The minimum Gasteiger partial charge on any atom is -0.462 e. The van der Waals surface area contributed by atoms with Crippen molar-refractivity contribution in [1.82, 2.24) is 9.97 Å². The fraction of sp³-hybridized carbons (Fsp3) is 0.150. The molecule has 0 atom stereocenters. The van der Waals surface area contributed by atoms with Crippen LogP contribution in [-0.4, -0.2) is 22.5 Å². The van der Waals surface area contributed by atoms with E-state index in [9.17, 15) is 9.18 Å². The molecule has 0 spiro atoms. The van der Waals surface area contributed by atoms with Crippen molar-refractivity contribution in [2.45, 2.75) is 13.5 Å². The van der Waals surface area contributed by atoms with E-state index in [1.807, 2.05) is 0 Å². The van der Waals surface area contributed by atoms with Gasteiger partial charge in [0.1, 0.15) is 17.8 Å². The fourth-order valence-electron chi connectivity index (χ4n) is 2.53. The highest BCUT2D eigenvalue weighted by atomic mass is 19.1. The van der Waals surface area contributed by atoms with Gasteiger partial charge in [-0.3, -0.25) is 0 Å². The number of anilines is 4. The number of hydrogen-bond acceptors (Lipinski definition) is 7. The zero-order valence-corrected chi connectivity index (χ0v) is 15.3. The Morgan fingerprint density at radius 3 is 2.57 bits per heavy atom. The molecular weight excluding hydrogens is 361 g/mol. The maximum atomic E-state index is 13.0. The lowest BCUT2D eigenvalue weighted by atomic mass is 10.1. The molecule has 144 valence electrons. The monoisotopic (exact) mass is 381 g/mol. The summed E-state index contributed by atoms with van der Waals surface area (Å²) in [5.74, 6) is 0.0498. The van der Waals surface area contributed by atoms with E-state index in [0.717, 1.165) is 5.56 Å². The number of aromatic nitrogens is 2. The van der Waals surface area contributed by atoms with Gasteiger partial charge in [0.15, 0.2) is 11.6 Å². The number of ether oxygens (including phenoxy) is 1. The molecule has 1 aromatic heterocycles. The van der Waals surface area contributed by atoms with E-state index in [1.165, 1.54) is 18.5 Å². The first kappa shape index (κ1) is 19.1. The number of para-hydroxylation sites is 1. The second kappa shape index (κ2) is 8.81. The lowest BCUT2D eigenvalue weighted by molar-refractivity contribution is 0.0527. The summed E-state index contributed by atoms with van der Waals surface area (Å²) in [5, 5.41) is 6.16. The van der Waals surface area contributed by atoms with E-state index in [1.54, 1.807) is 43.3 Å². The van der Waals surface area contributed by atoms with Crippen molar-refractivity contribution < 1.29 is 13.9 Å². The first-order chi connectivity index (χ1) is 13.6. The van der Waals surface area contributed by atoms with Crippen LogP contribution in [0.2, 0.25) is 0 Å². The summed E-state index contributed by atoms with van der Waals surface area (Å²) in [7, 11) is 0. The summed E-state index contributed by atoms with van der Waals surface area (Å²) in [6.07, 6.45) is 1.36. The van der Waals surface area contributed by atoms with Gasteiger partial charge in [0, 0.05) is 6.54 Å². The molecule has 4 N–H and O–H groups in total. The average molecular weight is 381 g/mol. The summed E-state index contributed by atoms with van der Waals surface area (Å²) in [5.41, 5.74) is 8.25. The van der Waals surface area contributed by atoms with Gasteiger partial charge >= 0.3 is 5.97 Å². The molecule has 0 unspecified atom stereocenters. The standard InChI is InChI=1S/C20H20FN5O2/c1-2-28-20(27)15-5-3-4-6-16(15)26-19-17(22)18(24-12-25-19)23-11-13-7-9-14(21)10-8-13/h3-10,12H,2,11,22H2,1H3,(H2,23,24,25,26). The lowest BCUT2D eigenvalue weighted by Gasteiger charge is -2.14. The fourth-order valence-corrected chi connectivity index (χ4v) is 2.53. The molecule has 0 aliphatic rings. The van der Waals surface area contributed by atoms with Crippen LogP contribution in [-0.2, 0) is 11.3 Å². The smallest absolute Gasteiger partial charge is 0.340 e. The van der Waals surface area contributed by atoms with E-state index >= 15 is 0 Å². The summed E-state index contributed by atoms with van der Waals surface area (Å²) >= 11 is 0. The third-order valence-corrected chi connectivity index (χ3v) is 3.93. The topological polar surface area (TPSA) is 102 Å². The van der Waals surface area contributed by atoms with Crippen molar-refractivity contribution in [2.75, 3.05) is 23.0 Å². The highest BCUT2D eigenvalue weighted by Crippen LogP contribution is 2.28. The summed E-state index contributed by atoms with van der Waals surface area (Å²) in [6.45, 7) is 2.44. The van der Waals surface area contributed by atoms with Gasteiger partial charge in [-0.1, -0.05) is 24.3 Å². The number of hydrogen-bond donors (Lipinski definition) is 3. The maximum absolute atomic E-state index is 13.0. The van der Waals surface area contributed by atoms with Crippen LogP contribution in [0.3, 0.4) is 0 Å². The van der Waals surface area contributed by atoms with Crippen molar-refractivity contribution in [3.63, 3.8) is 0 Å².